The third-order valence-electron chi connectivity index (χ3n) is 3.52. The minimum Gasteiger partial charge on any atom is -0.0909 e. The molecule has 86 valence electrons. The Bertz CT molecular complexity index is 511. The van der Waals surface area contributed by atoms with Crippen molar-refractivity contribution >= 4 is 26.6 Å². The predicted octanol–water partition coefficient (Wildman–Crippen LogP) is 2.17. The summed E-state index contributed by atoms with van der Waals surface area (Å²) in [5.74, 6) is 0. The summed E-state index contributed by atoms with van der Waals surface area (Å²) in [6, 6.07) is 8.53. The topological polar surface area (TPSA) is 0 Å². The van der Waals surface area contributed by atoms with Crippen LogP contribution in [0.15, 0.2) is 24.3 Å². The van der Waals surface area contributed by atoms with Gasteiger partial charge in [0.2, 0.25) is 0 Å². The Morgan fingerprint density at radius 3 is 1.00 bits per heavy atom. The number of aryl methyl sites for hydroxylation is 4. The van der Waals surface area contributed by atoms with Crippen LogP contribution in [0.4, 0.5) is 0 Å². The monoisotopic (exact) mass is 230 g/mol. The summed E-state index contributed by atoms with van der Waals surface area (Å²) in [6.45, 7) is 8.18. The number of rotatable bonds is 1. The van der Waals surface area contributed by atoms with Gasteiger partial charge in [-0.3, -0.25) is 0 Å². The summed E-state index contributed by atoms with van der Waals surface area (Å²) in [5.41, 5.74) is 8.64. The number of hydrogen-bond acceptors (Lipinski definition) is 0. The Balaban J connectivity index is 2.63. The molecule has 0 amide bonds. The molecule has 0 aliphatic carbocycles. The van der Waals surface area contributed by atoms with E-state index in [1.165, 1.54) is 11.1 Å². The normalized spacial score (nSPS) is 10.7. The molecule has 18 heavy (non-hydrogen) atoms. The molecule has 0 aliphatic heterocycles. The van der Waals surface area contributed by atoms with E-state index >= 15 is 0 Å². The van der Waals surface area contributed by atoms with Crippen molar-refractivity contribution in [3.8, 4) is 11.1 Å². The van der Waals surface area contributed by atoms with Crippen LogP contribution in [0.25, 0.3) is 11.1 Å². The minimum atomic E-state index is 0.877. The Kier molecular flexibility index (Phi) is 3.38. The summed E-state index contributed by atoms with van der Waals surface area (Å²) in [4.78, 5) is 0. The van der Waals surface area contributed by atoms with Gasteiger partial charge in [0.1, 0.15) is 15.7 Å². The molecule has 0 aliphatic rings. The molecule has 4 radical (unpaired) electrons. The molecule has 2 rings (SSSR count). The van der Waals surface area contributed by atoms with Crippen LogP contribution in [0, 0.1) is 27.7 Å². The minimum absolute atomic E-state index is 0.877. The van der Waals surface area contributed by atoms with Crippen LogP contribution >= 0.6 is 0 Å². The van der Waals surface area contributed by atoms with E-state index in [2.05, 4.69) is 24.3 Å². The molecule has 0 saturated carbocycles. The van der Waals surface area contributed by atoms with E-state index in [1.54, 1.807) is 0 Å². The molecule has 0 atom stereocenters. The number of hydrogen-bond donors (Lipinski definition) is 0. The van der Waals surface area contributed by atoms with Crippen molar-refractivity contribution in [1.82, 2.24) is 0 Å². The second-order valence-electron chi connectivity index (χ2n) is 5.05. The highest BCUT2D eigenvalue weighted by atomic mass is 14.1. The summed E-state index contributed by atoms with van der Waals surface area (Å²) in [6.07, 6.45) is 0. The van der Waals surface area contributed by atoms with E-state index in [0.717, 1.165) is 33.2 Å². The van der Waals surface area contributed by atoms with Gasteiger partial charge < -0.3 is 0 Å². The van der Waals surface area contributed by atoms with Crippen molar-refractivity contribution in [1.29, 1.82) is 0 Å². The van der Waals surface area contributed by atoms with Crippen molar-refractivity contribution in [3.05, 3.63) is 46.5 Å². The van der Waals surface area contributed by atoms with Crippen LogP contribution in [-0.4, -0.2) is 15.7 Å². The molecule has 0 unspecified atom stereocenters. The summed E-state index contributed by atoms with van der Waals surface area (Å²) in [5, 5.41) is 0. The lowest BCUT2D eigenvalue weighted by molar-refractivity contribution is 1.40. The SMILES string of the molecule is [B]c1c(C)cc(-c2cc(C)c([B])c(C)c2)cc1C. The van der Waals surface area contributed by atoms with E-state index in [4.69, 9.17) is 15.7 Å². The maximum absolute atomic E-state index is 5.99. The van der Waals surface area contributed by atoms with Gasteiger partial charge in [0.25, 0.3) is 0 Å². The largest absolute Gasteiger partial charge is 0.114 e. The van der Waals surface area contributed by atoms with Gasteiger partial charge in [-0.1, -0.05) is 57.4 Å². The van der Waals surface area contributed by atoms with Gasteiger partial charge in [-0.25, -0.2) is 0 Å². The average molecular weight is 230 g/mol. The average Bonchev–Trinajstić information content (AvgIpc) is 2.31. The molecular formula is C16H16B2. The summed E-state index contributed by atoms with van der Waals surface area (Å²) in [7, 11) is 12.0. The van der Waals surface area contributed by atoms with Crippen LogP contribution in [0.1, 0.15) is 22.3 Å². The first kappa shape index (κ1) is 13.0. The molecular weight excluding hydrogens is 214 g/mol. The Labute approximate surface area is 112 Å². The van der Waals surface area contributed by atoms with Crippen molar-refractivity contribution in [2.45, 2.75) is 27.7 Å². The molecule has 0 fully saturated rings. The molecule has 2 aromatic rings. The fourth-order valence-corrected chi connectivity index (χ4v) is 2.28. The summed E-state index contributed by atoms with van der Waals surface area (Å²) < 4.78 is 0. The van der Waals surface area contributed by atoms with Gasteiger partial charge in [-0.05, 0) is 38.8 Å². The van der Waals surface area contributed by atoms with Crippen molar-refractivity contribution in [2.75, 3.05) is 0 Å². The lowest BCUT2D eigenvalue weighted by atomic mass is 9.82. The maximum atomic E-state index is 5.99. The molecule has 0 saturated heterocycles. The van der Waals surface area contributed by atoms with E-state index in [9.17, 15) is 0 Å². The highest BCUT2D eigenvalue weighted by Gasteiger charge is 2.06. The van der Waals surface area contributed by atoms with Gasteiger partial charge in [0.05, 0.1) is 0 Å². The molecule has 0 N–H and O–H groups in total. The Hall–Kier alpha value is -1.43. The third kappa shape index (κ3) is 2.24. The highest BCUT2D eigenvalue weighted by Crippen LogP contribution is 2.22. The molecule has 0 bridgehead atoms. The van der Waals surface area contributed by atoms with Gasteiger partial charge in [0.15, 0.2) is 0 Å². The molecule has 0 spiro atoms. The van der Waals surface area contributed by atoms with Crippen molar-refractivity contribution < 1.29 is 0 Å². The van der Waals surface area contributed by atoms with E-state index in [-0.39, 0.29) is 0 Å². The third-order valence-corrected chi connectivity index (χ3v) is 3.52. The van der Waals surface area contributed by atoms with E-state index in [0.29, 0.717) is 0 Å². The zero-order valence-electron chi connectivity index (χ0n) is 11.5. The quantitative estimate of drug-likeness (QED) is 0.658. The molecule has 2 aromatic carbocycles. The zero-order valence-corrected chi connectivity index (χ0v) is 11.5. The molecule has 0 heterocycles. The van der Waals surface area contributed by atoms with Crippen molar-refractivity contribution in [2.24, 2.45) is 0 Å². The van der Waals surface area contributed by atoms with Crippen LogP contribution in [0.5, 0.6) is 0 Å². The molecule has 0 aromatic heterocycles. The van der Waals surface area contributed by atoms with Crippen molar-refractivity contribution in [3.63, 3.8) is 0 Å². The standard InChI is InChI=1S/C16H16B2/c1-9-5-13(6-10(2)15(9)17)14-7-11(3)16(18)12(4)8-14/h5-8H,1-4H3. The first-order valence-electron chi connectivity index (χ1n) is 6.14. The van der Waals surface area contributed by atoms with Crippen LogP contribution in [0.3, 0.4) is 0 Å². The Morgan fingerprint density at radius 2 is 0.778 bits per heavy atom. The van der Waals surface area contributed by atoms with Crippen LogP contribution < -0.4 is 10.9 Å². The first-order valence-corrected chi connectivity index (χ1v) is 6.14. The second kappa shape index (κ2) is 4.68. The molecule has 0 nitrogen and oxygen atoms in total. The van der Waals surface area contributed by atoms with E-state index < -0.39 is 0 Å². The Morgan fingerprint density at radius 1 is 0.556 bits per heavy atom. The van der Waals surface area contributed by atoms with E-state index in [1.807, 2.05) is 27.7 Å². The molecule has 2 heteroatoms. The lowest BCUT2D eigenvalue weighted by Crippen LogP contribution is -2.13. The maximum Gasteiger partial charge on any atom is 0.114 e. The number of benzene rings is 2. The fourth-order valence-electron chi connectivity index (χ4n) is 2.28. The smallest absolute Gasteiger partial charge is 0.0909 e. The van der Waals surface area contributed by atoms with Gasteiger partial charge in [-0.15, -0.1) is 0 Å². The van der Waals surface area contributed by atoms with Gasteiger partial charge >= 0.3 is 0 Å². The fraction of sp³-hybridized carbons (Fsp3) is 0.250. The van der Waals surface area contributed by atoms with Crippen LogP contribution in [-0.2, 0) is 0 Å². The second-order valence-corrected chi connectivity index (χ2v) is 5.05. The van der Waals surface area contributed by atoms with Crippen LogP contribution in [0.2, 0.25) is 0 Å². The van der Waals surface area contributed by atoms with Gasteiger partial charge in [0, 0.05) is 0 Å². The van der Waals surface area contributed by atoms with Gasteiger partial charge in [-0.2, -0.15) is 0 Å². The summed E-state index contributed by atoms with van der Waals surface area (Å²) >= 11 is 0. The zero-order chi connectivity index (χ0) is 13.4. The highest BCUT2D eigenvalue weighted by molar-refractivity contribution is 6.35. The first-order chi connectivity index (χ1) is 8.40. The predicted molar refractivity (Wildman–Crippen MR) is 81.6 cm³/mol. The lowest BCUT2D eigenvalue weighted by Gasteiger charge is -2.13.